The van der Waals surface area contributed by atoms with Crippen molar-refractivity contribution in [2.24, 2.45) is 27.9 Å². The van der Waals surface area contributed by atoms with E-state index in [1.807, 2.05) is 0 Å². The lowest BCUT2D eigenvalue weighted by molar-refractivity contribution is -0.143. The molecule has 0 saturated heterocycles. The first-order valence-corrected chi connectivity index (χ1v) is 9.82. The normalized spacial score (nSPS) is 15.2. The minimum absolute atomic E-state index is 0.0540. The van der Waals surface area contributed by atoms with Crippen molar-refractivity contribution in [2.75, 3.05) is 13.2 Å². The second-order valence-electron chi connectivity index (χ2n) is 7.09. The SMILES string of the molecule is CC(O)C(N)C(=O)NC(CC(N)=O)C(=O)NC(CO)C(=O)NC(CCCN=C(N)N)C(=O)O. The molecule has 0 aromatic rings. The molecule has 0 bridgehead atoms. The number of amides is 4. The number of nitrogens with zero attached hydrogens (tertiary/aromatic N) is 1. The summed E-state index contributed by atoms with van der Waals surface area (Å²) in [7, 11) is 0. The molecule has 16 heteroatoms. The Balaban J connectivity index is 5.21. The Morgan fingerprint density at radius 2 is 1.42 bits per heavy atom. The molecule has 16 nitrogen and oxygen atoms in total. The lowest BCUT2D eigenvalue weighted by Crippen LogP contribution is -2.59. The van der Waals surface area contributed by atoms with Gasteiger partial charge in [-0.2, -0.15) is 0 Å². The van der Waals surface area contributed by atoms with E-state index in [4.69, 9.17) is 22.9 Å². The molecule has 0 spiro atoms. The van der Waals surface area contributed by atoms with E-state index in [0.29, 0.717) is 0 Å². The van der Waals surface area contributed by atoms with Crippen LogP contribution in [0.1, 0.15) is 26.2 Å². The zero-order valence-corrected chi connectivity index (χ0v) is 18.1. The number of nitrogens with one attached hydrogen (secondary N) is 3. The summed E-state index contributed by atoms with van der Waals surface area (Å²) >= 11 is 0. The molecule has 4 amide bonds. The fourth-order valence-corrected chi connectivity index (χ4v) is 2.40. The summed E-state index contributed by atoms with van der Waals surface area (Å²) in [5.74, 6) is -5.61. The minimum Gasteiger partial charge on any atom is -0.480 e. The topological polar surface area (TPSA) is 299 Å². The number of carbonyl (C=O) groups is 5. The van der Waals surface area contributed by atoms with Crippen LogP contribution < -0.4 is 38.9 Å². The van der Waals surface area contributed by atoms with E-state index in [9.17, 15) is 39.3 Å². The third-order valence-electron chi connectivity index (χ3n) is 4.24. The van der Waals surface area contributed by atoms with Crippen LogP contribution in [0, 0.1) is 0 Å². The van der Waals surface area contributed by atoms with Gasteiger partial charge in [0.1, 0.15) is 24.2 Å². The summed E-state index contributed by atoms with van der Waals surface area (Å²) in [5.41, 5.74) is 20.9. The van der Waals surface area contributed by atoms with Crippen molar-refractivity contribution >= 4 is 35.6 Å². The van der Waals surface area contributed by atoms with Crippen LogP contribution in [0.2, 0.25) is 0 Å². The van der Waals surface area contributed by atoms with Crippen molar-refractivity contribution in [1.29, 1.82) is 0 Å². The number of carboxylic acids is 1. The molecular weight excluding hydrogens is 444 g/mol. The molecule has 0 saturated carbocycles. The highest BCUT2D eigenvalue weighted by Crippen LogP contribution is 2.01. The van der Waals surface area contributed by atoms with Crippen molar-refractivity contribution in [1.82, 2.24) is 16.0 Å². The van der Waals surface area contributed by atoms with E-state index < -0.39 is 72.9 Å². The van der Waals surface area contributed by atoms with E-state index in [1.54, 1.807) is 0 Å². The van der Waals surface area contributed by atoms with Crippen molar-refractivity contribution in [3.8, 4) is 0 Å². The number of primary amides is 1. The quantitative estimate of drug-likeness (QED) is 0.0602. The molecule has 33 heavy (non-hydrogen) atoms. The van der Waals surface area contributed by atoms with Crippen molar-refractivity contribution in [3.05, 3.63) is 0 Å². The van der Waals surface area contributed by atoms with Crippen molar-refractivity contribution in [3.63, 3.8) is 0 Å². The van der Waals surface area contributed by atoms with Gasteiger partial charge in [-0.15, -0.1) is 0 Å². The number of aliphatic hydroxyl groups is 2. The maximum absolute atomic E-state index is 12.5. The number of nitrogens with two attached hydrogens (primary N) is 4. The van der Waals surface area contributed by atoms with Crippen LogP contribution in [0.3, 0.4) is 0 Å². The molecule has 5 atom stereocenters. The van der Waals surface area contributed by atoms with E-state index in [0.717, 1.165) is 0 Å². The van der Waals surface area contributed by atoms with Crippen LogP contribution in [0.5, 0.6) is 0 Å². The number of carbonyl (C=O) groups excluding carboxylic acids is 4. The molecule has 0 aromatic heterocycles. The highest BCUT2D eigenvalue weighted by atomic mass is 16.4. The predicted octanol–water partition coefficient (Wildman–Crippen LogP) is -5.85. The molecule has 0 fully saturated rings. The molecule has 5 unspecified atom stereocenters. The van der Waals surface area contributed by atoms with Gasteiger partial charge in [0.2, 0.25) is 23.6 Å². The largest absolute Gasteiger partial charge is 0.480 e. The summed E-state index contributed by atoms with van der Waals surface area (Å²) < 4.78 is 0. The Morgan fingerprint density at radius 3 is 1.88 bits per heavy atom. The van der Waals surface area contributed by atoms with Gasteiger partial charge in [-0.1, -0.05) is 0 Å². The van der Waals surface area contributed by atoms with Gasteiger partial charge in [-0.3, -0.25) is 24.2 Å². The fourth-order valence-electron chi connectivity index (χ4n) is 2.40. The molecule has 0 aliphatic heterocycles. The Hall–Kier alpha value is -3.50. The lowest BCUT2D eigenvalue weighted by atomic mass is 10.1. The highest BCUT2D eigenvalue weighted by Gasteiger charge is 2.31. The average molecular weight is 476 g/mol. The van der Waals surface area contributed by atoms with E-state index >= 15 is 0 Å². The van der Waals surface area contributed by atoms with Gasteiger partial charge in [-0.25, -0.2) is 4.79 Å². The molecule has 0 aliphatic rings. The molecule has 0 rings (SSSR count). The molecular formula is C17H32N8O8. The standard InChI is InChI=1S/C17H32N8O8/c1-7(27)12(19)15(31)24-9(5-11(18)28)13(29)25-10(6-26)14(30)23-8(16(32)33)3-2-4-22-17(20)21/h7-10,12,26-27H,2-6,19H2,1H3,(H2,18,28)(H,23,30)(H,24,31)(H,25,29)(H,32,33)(H4,20,21,22). The lowest BCUT2D eigenvalue weighted by Gasteiger charge is -2.24. The Kier molecular flexibility index (Phi) is 13.0. The van der Waals surface area contributed by atoms with Gasteiger partial charge < -0.3 is 54.2 Å². The van der Waals surface area contributed by atoms with Crippen LogP contribution in [-0.2, 0) is 24.0 Å². The molecule has 0 heterocycles. The number of rotatable bonds is 15. The van der Waals surface area contributed by atoms with Gasteiger partial charge >= 0.3 is 5.97 Å². The third kappa shape index (κ3) is 11.6. The summed E-state index contributed by atoms with van der Waals surface area (Å²) in [6.45, 7) is 0.420. The molecule has 0 aromatic carbocycles. The zero-order valence-electron chi connectivity index (χ0n) is 18.1. The number of aliphatic carboxylic acids is 1. The summed E-state index contributed by atoms with van der Waals surface area (Å²) in [4.78, 5) is 63.2. The second-order valence-corrected chi connectivity index (χ2v) is 7.09. The number of carboxylic acid groups (broad SMARTS) is 1. The zero-order chi connectivity index (χ0) is 25.7. The van der Waals surface area contributed by atoms with E-state index in [-0.39, 0.29) is 25.3 Å². The summed E-state index contributed by atoms with van der Waals surface area (Å²) in [6.07, 6.45) is -1.78. The van der Waals surface area contributed by atoms with Crippen molar-refractivity contribution < 1.29 is 39.3 Å². The molecule has 0 radical (unpaired) electrons. The number of hydrogen-bond acceptors (Lipinski definition) is 9. The van der Waals surface area contributed by atoms with Crippen LogP contribution in [-0.4, -0.2) is 94.3 Å². The van der Waals surface area contributed by atoms with Crippen LogP contribution >= 0.6 is 0 Å². The first kappa shape index (κ1) is 29.5. The summed E-state index contributed by atoms with van der Waals surface area (Å²) in [5, 5.41) is 34.5. The Bertz CT molecular complexity index is 741. The Morgan fingerprint density at radius 1 is 0.909 bits per heavy atom. The number of aliphatic imine (C=N–C) groups is 1. The number of aliphatic hydroxyl groups excluding tert-OH is 2. The maximum atomic E-state index is 12.5. The van der Waals surface area contributed by atoms with Crippen LogP contribution in [0.25, 0.3) is 0 Å². The molecule has 14 N–H and O–H groups in total. The minimum atomic E-state index is -1.62. The van der Waals surface area contributed by atoms with Gasteiger partial charge in [0.25, 0.3) is 0 Å². The smallest absolute Gasteiger partial charge is 0.326 e. The number of guanidine groups is 1. The first-order chi connectivity index (χ1) is 15.3. The molecule has 0 aliphatic carbocycles. The monoisotopic (exact) mass is 476 g/mol. The van der Waals surface area contributed by atoms with Gasteiger partial charge in [-0.05, 0) is 19.8 Å². The summed E-state index contributed by atoms with van der Waals surface area (Å²) in [6, 6.07) is -5.98. The van der Waals surface area contributed by atoms with Crippen LogP contribution in [0.15, 0.2) is 4.99 Å². The second kappa shape index (κ2) is 14.5. The van der Waals surface area contributed by atoms with Crippen molar-refractivity contribution in [2.45, 2.75) is 56.5 Å². The van der Waals surface area contributed by atoms with E-state index in [2.05, 4.69) is 20.9 Å². The average Bonchev–Trinajstić information content (AvgIpc) is 2.71. The Labute approximate surface area is 189 Å². The third-order valence-corrected chi connectivity index (χ3v) is 4.24. The number of hydrogen-bond donors (Lipinski definition) is 10. The highest BCUT2D eigenvalue weighted by molar-refractivity contribution is 5.96. The maximum Gasteiger partial charge on any atom is 0.326 e. The predicted molar refractivity (Wildman–Crippen MR) is 114 cm³/mol. The van der Waals surface area contributed by atoms with Gasteiger partial charge in [0.05, 0.1) is 19.1 Å². The van der Waals surface area contributed by atoms with Crippen LogP contribution in [0.4, 0.5) is 0 Å². The van der Waals surface area contributed by atoms with E-state index in [1.165, 1.54) is 6.92 Å². The van der Waals surface area contributed by atoms with Gasteiger partial charge in [0, 0.05) is 6.54 Å². The van der Waals surface area contributed by atoms with Gasteiger partial charge in [0.15, 0.2) is 5.96 Å². The molecule has 188 valence electrons. The first-order valence-electron chi connectivity index (χ1n) is 9.82. The fraction of sp³-hybridized carbons (Fsp3) is 0.647.